The van der Waals surface area contributed by atoms with Gasteiger partial charge in [0.1, 0.15) is 40.2 Å². The number of carbonyl (C=O) groups excluding carboxylic acids is 1. The number of alkyl carbamates (subject to hydrolysis) is 1. The molecule has 35 heavy (non-hydrogen) atoms. The highest BCUT2D eigenvalue weighted by molar-refractivity contribution is 5.73. The van der Waals surface area contributed by atoms with Crippen LogP contribution in [-0.4, -0.2) is 27.5 Å². The van der Waals surface area contributed by atoms with Gasteiger partial charge in [-0.2, -0.15) is 10.4 Å². The van der Waals surface area contributed by atoms with E-state index in [1.807, 2.05) is 75.4 Å². The second-order valence-electron chi connectivity index (χ2n) is 9.76. The van der Waals surface area contributed by atoms with Crippen LogP contribution in [0.1, 0.15) is 58.1 Å². The first-order valence-corrected chi connectivity index (χ1v) is 11.8. The Kier molecular flexibility index (Phi) is 6.97. The minimum atomic E-state index is -0.527. The van der Waals surface area contributed by atoms with Crippen LogP contribution in [0.5, 0.6) is 11.5 Å². The van der Waals surface area contributed by atoms with Gasteiger partial charge in [0.25, 0.3) is 0 Å². The molecule has 1 aromatic heterocycles. The molecule has 3 N–H and O–H groups in total. The summed E-state index contributed by atoms with van der Waals surface area (Å²) in [5.74, 6) is 1.82. The van der Waals surface area contributed by atoms with E-state index in [9.17, 15) is 10.1 Å². The number of hydrogen-bond acceptors (Lipinski definition) is 6. The van der Waals surface area contributed by atoms with Crippen molar-refractivity contribution in [3.05, 3.63) is 60.2 Å². The number of carbonyl (C=O) groups is 1. The van der Waals surface area contributed by atoms with E-state index in [2.05, 4.69) is 11.4 Å². The van der Waals surface area contributed by atoms with Crippen molar-refractivity contribution in [2.45, 2.75) is 64.1 Å². The first kappa shape index (κ1) is 24.1. The zero-order valence-electron chi connectivity index (χ0n) is 20.3. The molecule has 1 saturated carbocycles. The molecule has 0 bridgehead atoms. The Morgan fingerprint density at radius 1 is 1.06 bits per heavy atom. The van der Waals surface area contributed by atoms with E-state index in [1.54, 1.807) is 4.68 Å². The van der Waals surface area contributed by atoms with Crippen molar-refractivity contribution >= 4 is 11.9 Å². The fraction of sp³-hybridized carbons (Fsp3) is 0.370. The highest BCUT2D eigenvalue weighted by Gasteiger charge is 2.29. The summed E-state index contributed by atoms with van der Waals surface area (Å²) in [4.78, 5) is 12.1. The van der Waals surface area contributed by atoms with Gasteiger partial charge in [-0.15, -0.1) is 0 Å². The second kappa shape index (κ2) is 10.1. The highest BCUT2D eigenvalue weighted by Crippen LogP contribution is 2.35. The lowest BCUT2D eigenvalue weighted by molar-refractivity contribution is 0.0487. The molecule has 0 radical (unpaired) electrons. The number of benzene rings is 2. The Morgan fingerprint density at radius 3 is 2.29 bits per heavy atom. The Morgan fingerprint density at radius 2 is 1.69 bits per heavy atom. The second-order valence-corrected chi connectivity index (χ2v) is 9.76. The van der Waals surface area contributed by atoms with E-state index >= 15 is 0 Å². The lowest BCUT2D eigenvalue weighted by Gasteiger charge is -2.30. The number of hydrogen-bond donors (Lipinski definition) is 2. The molecule has 8 heteroatoms. The quantitative estimate of drug-likeness (QED) is 0.483. The van der Waals surface area contributed by atoms with Gasteiger partial charge < -0.3 is 20.5 Å². The first-order valence-electron chi connectivity index (χ1n) is 11.8. The lowest BCUT2D eigenvalue weighted by atomic mass is 9.91. The number of ether oxygens (including phenoxy) is 2. The van der Waals surface area contributed by atoms with E-state index in [4.69, 9.17) is 20.3 Å². The van der Waals surface area contributed by atoms with Gasteiger partial charge in [-0.25, -0.2) is 9.48 Å². The van der Waals surface area contributed by atoms with Gasteiger partial charge in [0.2, 0.25) is 0 Å². The summed E-state index contributed by atoms with van der Waals surface area (Å²) >= 11 is 0. The molecule has 182 valence electrons. The van der Waals surface area contributed by atoms with Crippen LogP contribution in [0.3, 0.4) is 0 Å². The Labute approximate surface area is 205 Å². The maximum Gasteiger partial charge on any atom is 0.407 e. The lowest BCUT2D eigenvalue weighted by Crippen LogP contribution is -2.41. The molecule has 1 fully saturated rings. The molecule has 3 aromatic rings. The molecule has 1 aliphatic carbocycles. The molecule has 4 rings (SSSR count). The minimum Gasteiger partial charge on any atom is -0.457 e. The summed E-state index contributed by atoms with van der Waals surface area (Å²) in [6.07, 6.45) is 2.76. The number of rotatable bonds is 5. The fourth-order valence-corrected chi connectivity index (χ4v) is 4.28. The molecule has 0 saturated heterocycles. The van der Waals surface area contributed by atoms with Crippen LogP contribution in [0.2, 0.25) is 0 Å². The third-order valence-corrected chi connectivity index (χ3v) is 5.93. The molecule has 0 atom stereocenters. The molecule has 1 amide bonds. The van der Waals surface area contributed by atoms with E-state index in [0.29, 0.717) is 22.8 Å². The fourth-order valence-electron chi connectivity index (χ4n) is 4.28. The highest BCUT2D eigenvalue weighted by atomic mass is 16.6. The number of anilines is 1. The number of nitrogens with two attached hydrogens (primary N) is 1. The molecular formula is C27H31N5O3. The smallest absolute Gasteiger partial charge is 0.407 e. The van der Waals surface area contributed by atoms with Crippen LogP contribution in [0.4, 0.5) is 10.6 Å². The molecule has 0 spiro atoms. The third kappa shape index (κ3) is 5.93. The van der Waals surface area contributed by atoms with Crippen LogP contribution in [-0.2, 0) is 4.74 Å². The van der Waals surface area contributed by atoms with E-state index in [0.717, 1.165) is 37.0 Å². The van der Waals surface area contributed by atoms with Gasteiger partial charge in [-0.1, -0.05) is 18.2 Å². The number of aromatic nitrogens is 2. The molecule has 0 unspecified atom stereocenters. The topological polar surface area (TPSA) is 115 Å². The number of nitrogens with one attached hydrogen (secondary N) is 1. The van der Waals surface area contributed by atoms with Gasteiger partial charge in [0.05, 0.1) is 6.04 Å². The maximum absolute atomic E-state index is 12.1. The predicted molar refractivity (Wildman–Crippen MR) is 134 cm³/mol. The van der Waals surface area contributed by atoms with Crippen LogP contribution in [0.15, 0.2) is 54.6 Å². The Bertz CT molecular complexity index is 1200. The van der Waals surface area contributed by atoms with Crippen molar-refractivity contribution < 1.29 is 14.3 Å². The summed E-state index contributed by atoms with van der Waals surface area (Å²) in [5.41, 5.74) is 7.57. The number of nitrogens with zero attached hydrogens (tertiary/aromatic N) is 3. The number of amides is 1. The summed E-state index contributed by atoms with van der Waals surface area (Å²) < 4.78 is 13.0. The SMILES string of the molecule is CC(C)(C)OC(=O)NC1CCC(n2nc(-c3ccc(Oc4ccccc4)cc3)c(C#N)c2N)CC1. The molecule has 2 aromatic carbocycles. The average Bonchev–Trinajstić information content (AvgIpc) is 3.15. The van der Waals surface area contributed by atoms with Crippen molar-refractivity contribution in [3.8, 4) is 28.8 Å². The normalized spacial score (nSPS) is 17.9. The van der Waals surface area contributed by atoms with Crippen molar-refractivity contribution in [1.82, 2.24) is 15.1 Å². The number of nitrogen functional groups attached to an aromatic ring is 1. The largest absolute Gasteiger partial charge is 0.457 e. The van der Waals surface area contributed by atoms with Crippen molar-refractivity contribution in [3.63, 3.8) is 0 Å². The van der Waals surface area contributed by atoms with Crippen molar-refractivity contribution in [2.24, 2.45) is 0 Å². The monoisotopic (exact) mass is 473 g/mol. The van der Waals surface area contributed by atoms with Gasteiger partial charge in [-0.05, 0) is 82.9 Å². The zero-order valence-corrected chi connectivity index (χ0v) is 20.3. The van der Waals surface area contributed by atoms with Gasteiger partial charge >= 0.3 is 6.09 Å². The molecule has 1 aliphatic rings. The summed E-state index contributed by atoms with van der Waals surface area (Å²) in [6, 6.07) is 19.3. The van der Waals surface area contributed by atoms with Crippen LogP contribution in [0, 0.1) is 11.3 Å². The first-order chi connectivity index (χ1) is 16.7. The van der Waals surface area contributed by atoms with Gasteiger partial charge in [0.15, 0.2) is 0 Å². The van der Waals surface area contributed by atoms with E-state index < -0.39 is 11.7 Å². The van der Waals surface area contributed by atoms with Crippen LogP contribution < -0.4 is 15.8 Å². The average molecular weight is 474 g/mol. The predicted octanol–water partition coefficient (Wildman–Crippen LogP) is 5.80. The molecular weight excluding hydrogens is 442 g/mol. The van der Waals surface area contributed by atoms with Gasteiger partial charge in [0, 0.05) is 11.6 Å². The van der Waals surface area contributed by atoms with Gasteiger partial charge in [-0.3, -0.25) is 0 Å². The zero-order chi connectivity index (χ0) is 25.0. The van der Waals surface area contributed by atoms with Crippen LogP contribution in [0.25, 0.3) is 11.3 Å². The third-order valence-electron chi connectivity index (χ3n) is 5.93. The summed E-state index contributed by atoms with van der Waals surface area (Å²) in [5, 5.41) is 17.5. The molecule has 0 aliphatic heterocycles. The Balaban J connectivity index is 1.44. The minimum absolute atomic E-state index is 0.0463. The standard InChI is InChI=1S/C27H31N5O3/c1-27(2,3)35-26(33)30-19-11-13-20(14-12-19)32-25(29)23(17-28)24(31-32)18-9-15-22(16-10-18)34-21-7-5-4-6-8-21/h4-10,15-16,19-20H,11-14,29H2,1-3H3,(H,30,33). The van der Waals surface area contributed by atoms with Crippen LogP contribution >= 0.6 is 0 Å². The van der Waals surface area contributed by atoms with E-state index in [-0.39, 0.29) is 12.1 Å². The summed E-state index contributed by atoms with van der Waals surface area (Å²) in [6.45, 7) is 5.54. The Hall–Kier alpha value is -3.99. The molecule has 8 nitrogen and oxygen atoms in total. The molecule has 1 heterocycles. The van der Waals surface area contributed by atoms with Crippen molar-refractivity contribution in [2.75, 3.05) is 5.73 Å². The van der Waals surface area contributed by atoms with Crippen molar-refractivity contribution in [1.29, 1.82) is 5.26 Å². The number of nitriles is 1. The summed E-state index contributed by atoms with van der Waals surface area (Å²) in [7, 11) is 0. The maximum atomic E-state index is 12.1. The number of para-hydroxylation sites is 1. The van der Waals surface area contributed by atoms with E-state index in [1.165, 1.54) is 0 Å².